The smallest absolute Gasteiger partial charge is 1.00 e. The van der Waals surface area contributed by atoms with Crippen LogP contribution in [0, 0.1) is 0 Å². The van der Waals surface area contributed by atoms with Crippen molar-refractivity contribution in [2.24, 2.45) is 0 Å². The maximum Gasteiger partial charge on any atom is -1.00 e. The van der Waals surface area contributed by atoms with Crippen LogP contribution >= 0.6 is 43.6 Å². The van der Waals surface area contributed by atoms with Gasteiger partial charge in [0.25, 0.3) is 0 Å². The fraction of sp³-hybridized carbons (Fsp3) is 0.125. The predicted octanol–water partition coefficient (Wildman–Crippen LogP) is -2.66. The van der Waals surface area contributed by atoms with Gasteiger partial charge in [-0.1, -0.05) is 0 Å². The molecular weight excluding hydrogens is 766 g/mol. The summed E-state index contributed by atoms with van der Waals surface area (Å²) in [5.41, 5.74) is 8.72. The Balaban J connectivity index is 0.00000132. The molecule has 0 N–H and O–H groups in total. The van der Waals surface area contributed by atoms with Crippen molar-refractivity contribution in [3.05, 3.63) is 102 Å². The largest absolute Gasteiger partial charge is 1.00 e. The second kappa shape index (κ2) is 9.62. The van der Waals surface area contributed by atoms with E-state index in [-0.39, 0.29) is 36.9 Å². The molecule has 40 heavy (non-hydrogen) atoms. The van der Waals surface area contributed by atoms with Gasteiger partial charge in [0.15, 0.2) is 0 Å². The van der Waals surface area contributed by atoms with Gasteiger partial charge in [0.1, 0.15) is 0 Å². The van der Waals surface area contributed by atoms with Crippen molar-refractivity contribution in [3.63, 3.8) is 0 Å². The molecule has 4 aromatic carbocycles. The molecule has 5 aliphatic rings. The zero-order valence-corrected chi connectivity index (χ0v) is 29.4. The van der Waals surface area contributed by atoms with Crippen LogP contribution < -0.4 is 62.0 Å². The second-order valence-electron chi connectivity index (χ2n) is 10.6. The molecule has 0 spiro atoms. The minimum absolute atomic E-state index is 0. The summed E-state index contributed by atoms with van der Waals surface area (Å²) in [4.78, 5) is 7.72. The number of nitrogens with zero attached hydrogens (tertiary/aromatic N) is 2. The molecule has 2 nitrogen and oxygen atoms in total. The standard InChI is InChI=1S/C32H20Br2N2S.2ClH.Zr/c1-35-23-15-19(33)9-11-21(23)31-25(35)13-17-5-3-7-27(29(17)31)37-28-8-4-6-18-14-26-32(30(18)28)22-12-10-20(34)16-24(22)36(26)2;;;/h3-10,13-16,25-26H,1-2H3;2*1H;/q;;;+2/p-2. The van der Waals surface area contributed by atoms with Crippen molar-refractivity contribution in [2.75, 3.05) is 23.9 Å². The summed E-state index contributed by atoms with van der Waals surface area (Å²) < 4.78 is 5.49. The van der Waals surface area contributed by atoms with Crippen molar-refractivity contribution in [2.45, 2.75) is 21.9 Å². The first-order chi connectivity index (χ1) is 18.5. The summed E-state index contributed by atoms with van der Waals surface area (Å²) in [6.07, 6.45) is 4.96. The van der Waals surface area contributed by atoms with Gasteiger partial charge in [-0.05, 0) is 0 Å². The van der Waals surface area contributed by atoms with Crippen molar-refractivity contribution < 1.29 is 48.0 Å². The summed E-state index contributed by atoms with van der Waals surface area (Å²) in [6.45, 7) is 0. The molecule has 8 heteroatoms. The first-order valence-electron chi connectivity index (χ1n) is 12.8. The predicted molar refractivity (Wildman–Crippen MR) is 161 cm³/mol. The molecule has 0 amide bonds. The molecule has 2 aliphatic carbocycles. The Labute approximate surface area is 277 Å². The molecular formula is C32H20Br2Cl2N2SZr. The molecule has 0 aromatic heterocycles. The molecule has 0 fully saturated rings. The molecule has 2 unspecified atom stereocenters. The van der Waals surface area contributed by atoms with Crippen molar-refractivity contribution in [1.29, 1.82) is 0 Å². The summed E-state index contributed by atoms with van der Waals surface area (Å²) >= 11 is 8.54. The third-order valence-corrected chi connectivity index (χ3v) is 14.0. The molecule has 3 heterocycles. The Hall–Kier alpha value is -1.27. The van der Waals surface area contributed by atoms with Crippen LogP contribution in [0.25, 0.3) is 23.3 Å². The number of hydrogen-bond acceptors (Lipinski definition) is 3. The fourth-order valence-electron chi connectivity index (χ4n) is 7.15. The van der Waals surface area contributed by atoms with Crippen LogP contribution in [0.4, 0.5) is 11.4 Å². The minimum atomic E-state index is -1.20. The van der Waals surface area contributed by atoms with Gasteiger partial charge in [-0.15, -0.1) is 0 Å². The molecule has 2 atom stereocenters. The summed E-state index contributed by atoms with van der Waals surface area (Å²) in [6, 6.07) is 23.9. The fourth-order valence-corrected chi connectivity index (χ4v) is 14.0. The third kappa shape index (κ3) is 3.56. The van der Waals surface area contributed by atoms with Gasteiger partial charge in [-0.2, -0.15) is 0 Å². The number of halogens is 4. The van der Waals surface area contributed by atoms with E-state index in [4.69, 9.17) is 0 Å². The molecule has 0 bridgehead atoms. The van der Waals surface area contributed by atoms with E-state index in [1.165, 1.54) is 73.3 Å². The van der Waals surface area contributed by atoms with E-state index in [0.29, 0.717) is 0 Å². The monoisotopic (exact) mass is 782 g/mol. The van der Waals surface area contributed by atoms with E-state index < -0.39 is 23.2 Å². The Morgan fingerprint density at radius 3 is 1.57 bits per heavy atom. The van der Waals surface area contributed by atoms with E-state index in [9.17, 15) is 0 Å². The van der Waals surface area contributed by atoms with Gasteiger partial charge in [0.2, 0.25) is 0 Å². The van der Waals surface area contributed by atoms with E-state index >= 15 is 0 Å². The molecule has 3 aliphatic heterocycles. The normalized spacial score (nSPS) is 19.2. The van der Waals surface area contributed by atoms with Crippen LogP contribution in [0.2, 0.25) is 0 Å². The van der Waals surface area contributed by atoms with Crippen LogP contribution in [0.1, 0.15) is 11.1 Å². The number of anilines is 2. The SMILES string of the molecule is CN1c2cc(Br)c[c]3c2C2=c4c(cccc4=CC21)Sc1cccc2c1=C1c4[c](cc(Br)cc4N(C)C1C=2)[Zr+2]3.[Cl-].[Cl-]. The Kier molecular flexibility index (Phi) is 6.63. The number of likely N-dealkylation sites (N-methyl/N-ethyl adjacent to an activating group) is 2. The molecule has 4 aromatic rings. The van der Waals surface area contributed by atoms with Gasteiger partial charge in [-0.25, -0.2) is 0 Å². The average molecular weight is 787 g/mol. The number of rotatable bonds is 0. The van der Waals surface area contributed by atoms with Gasteiger partial charge in [0, 0.05) is 0 Å². The molecule has 0 saturated carbocycles. The molecule has 9 rings (SSSR count). The maximum absolute atomic E-state index is 3.89. The minimum Gasteiger partial charge on any atom is -1.00 e. The summed E-state index contributed by atoms with van der Waals surface area (Å²) in [5, 5.41) is 5.63. The van der Waals surface area contributed by atoms with E-state index in [1.54, 1.807) is 6.54 Å². The van der Waals surface area contributed by atoms with Crippen LogP contribution in [0.15, 0.2) is 79.4 Å². The van der Waals surface area contributed by atoms with E-state index in [1.807, 2.05) is 11.8 Å². The first-order valence-corrected chi connectivity index (χ1v) is 17.6. The van der Waals surface area contributed by atoms with Gasteiger partial charge < -0.3 is 24.8 Å². The Bertz CT molecular complexity index is 1930. The molecule has 0 radical (unpaired) electrons. The maximum atomic E-state index is 3.89. The third-order valence-electron chi connectivity index (χ3n) is 8.71. The second-order valence-corrected chi connectivity index (χ2v) is 16.8. The summed E-state index contributed by atoms with van der Waals surface area (Å²) in [7, 11) is 4.53. The number of hydrogen-bond donors (Lipinski definition) is 0. The van der Waals surface area contributed by atoms with Gasteiger partial charge >= 0.3 is 255 Å². The average Bonchev–Trinajstić information content (AvgIpc) is 3.59. The van der Waals surface area contributed by atoms with Crippen molar-refractivity contribution >= 4 is 84.8 Å². The van der Waals surface area contributed by atoms with Crippen LogP contribution in [-0.2, 0) is 23.2 Å². The van der Waals surface area contributed by atoms with Crippen molar-refractivity contribution in [1.82, 2.24) is 0 Å². The van der Waals surface area contributed by atoms with Crippen molar-refractivity contribution in [3.8, 4) is 0 Å². The van der Waals surface area contributed by atoms with E-state index in [0.717, 1.165) is 0 Å². The number of benzene rings is 4. The van der Waals surface area contributed by atoms with Crippen LogP contribution in [0.5, 0.6) is 0 Å². The topological polar surface area (TPSA) is 6.48 Å². The summed E-state index contributed by atoms with van der Waals surface area (Å²) in [5.74, 6) is 0. The van der Waals surface area contributed by atoms with Crippen LogP contribution in [-0.4, -0.2) is 26.2 Å². The van der Waals surface area contributed by atoms with E-state index in [2.05, 4.69) is 129 Å². The van der Waals surface area contributed by atoms with Gasteiger partial charge in [-0.3, -0.25) is 0 Å². The van der Waals surface area contributed by atoms with Crippen LogP contribution in [0.3, 0.4) is 0 Å². The Morgan fingerprint density at radius 2 is 1.12 bits per heavy atom. The quantitative estimate of drug-likeness (QED) is 0.193. The molecule has 196 valence electrons. The first kappa shape index (κ1) is 27.6. The zero-order valence-electron chi connectivity index (χ0n) is 21.4. The molecule has 0 saturated heterocycles. The zero-order chi connectivity index (χ0) is 25.4. The van der Waals surface area contributed by atoms with Gasteiger partial charge in [0.05, 0.1) is 0 Å². The Morgan fingerprint density at radius 1 is 0.675 bits per heavy atom.